The van der Waals surface area contributed by atoms with Gasteiger partial charge in [0.1, 0.15) is 46.0 Å². The first-order chi connectivity index (χ1) is 70.9. The standard InChI is InChI=1S/C124H174N6O14/c1-15-21-27-33-39-45-51-57-69-139-113-75-91(76-114(140-70-58-52-46-40-34-28-22-16-2)123(113)143-73-61-55-49-43-37-31-25-19-5)117-104-63-66-107(125-104)121(129(93-79-96(131-7)85-97(80-93)132-8)94-81-98(133-9)86-99(82-94)134-10)108-67-64-106(126-108)118(110-90-103-119-111(88-102(137-13)89-112(119)138-14)130(95-83-100(135-11)87-101(84-95)136-12)122(120(103)128-110)109-68-65-105(117)127-109)92-77-115(141-71-59-53-47-41-35-29-23-17-3)124(144-74-62-56-50-44-38-32-26-20-6)116(78-92)142-72-60-54-48-42-36-30-24-18-4/h63-68,75-90,126-127H,15-62,69-74H2,1-14H3. The van der Waals surface area contributed by atoms with Gasteiger partial charge < -0.3 is 85.8 Å². The summed E-state index contributed by atoms with van der Waals surface area (Å²) < 4.78 is 96.7. The summed E-state index contributed by atoms with van der Waals surface area (Å²) in [6.07, 6.45) is 59.9. The van der Waals surface area contributed by atoms with Gasteiger partial charge in [-0.15, -0.1) is 0 Å². The Kier molecular flexibility index (Phi) is 47.9. The lowest BCUT2D eigenvalue weighted by Gasteiger charge is -2.27. The van der Waals surface area contributed by atoms with Crippen LogP contribution in [0.15, 0.2) is 121 Å². The quantitative estimate of drug-likeness (QED) is 0.0341. The van der Waals surface area contributed by atoms with Gasteiger partial charge in [-0.1, -0.05) is 311 Å². The Balaban J connectivity index is 1.23. The summed E-state index contributed by atoms with van der Waals surface area (Å²) in [5.41, 5.74) is 13.5. The van der Waals surface area contributed by atoms with Gasteiger partial charge in [0.05, 0.1) is 169 Å². The van der Waals surface area contributed by atoms with Gasteiger partial charge in [0.15, 0.2) is 23.0 Å². The molecule has 0 radical (unpaired) electrons. The SMILES string of the molecule is CCCCCCCCCCOc1cc(-c2c3nc(c(N(c4cc(OC)cc(OC)c4)c4cc(OC)cc(OC)c4)c4ccc([nH]4)c(-c4cc(OCCCCCCCCCC)c(OCCCCCCCCCC)c(OCCCCCCCCCC)c4)c4cc5c6c(OC)cc(OC)cc6n(-c6cc(OC)cc(OC)c6)c(c-5n4)c4ccc2[nH]4)C=C3)cc(OCCCCCCCCCC)c1OCCCCCCCCCC. The predicted octanol–water partition coefficient (Wildman–Crippen LogP) is 35.8. The maximum atomic E-state index is 7.36. The highest BCUT2D eigenvalue weighted by Crippen LogP contribution is 2.53. The fourth-order valence-corrected chi connectivity index (χ4v) is 20.0. The zero-order valence-electron chi connectivity index (χ0n) is 90.4. The van der Waals surface area contributed by atoms with Crippen LogP contribution in [0, 0.1) is 0 Å². The lowest BCUT2D eigenvalue weighted by atomic mass is 10.0. The van der Waals surface area contributed by atoms with E-state index in [0.29, 0.717) is 176 Å². The smallest absolute Gasteiger partial charge is 0.203 e. The second kappa shape index (κ2) is 61.9. The molecule has 0 fully saturated rings. The molecule has 0 amide bonds. The fourth-order valence-electron chi connectivity index (χ4n) is 20.0. The normalized spacial score (nSPS) is 11.6. The number of pyridine rings is 1. The first kappa shape index (κ1) is 111. The number of nitrogens with zero attached hydrogens (tertiary/aromatic N) is 4. The number of unbranched alkanes of at least 4 members (excludes halogenated alkanes) is 42. The topological polar surface area (TPSA) is 195 Å². The van der Waals surface area contributed by atoms with Gasteiger partial charge in [0.2, 0.25) is 11.5 Å². The highest BCUT2D eigenvalue weighted by Gasteiger charge is 2.31. The number of fused-ring (bicyclic) bond motifs is 10. The van der Waals surface area contributed by atoms with Crippen molar-refractivity contribution in [2.75, 3.05) is 101 Å². The molecule has 6 aromatic carbocycles. The molecule has 3 aromatic heterocycles. The molecule has 0 saturated heterocycles. The maximum Gasteiger partial charge on any atom is 0.203 e. The molecule has 0 saturated carbocycles. The molecule has 20 nitrogen and oxygen atoms in total. The van der Waals surface area contributed by atoms with Crippen LogP contribution >= 0.6 is 0 Å². The molecule has 3 aliphatic rings. The second-order valence-corrected chi connectivity index (χ2v) is 39.3. The number of aromatic amines is 2. The largest absolute Gasteiger partial charge is 0.497 e. The highest BCUT2D eigenvalue weighted by atomic mass is 16.6. The fraction of sp³-hybridized carbons (Fsp3) is 0.548. The highest BCUT2D eigenvalue weighted by molar-refractivity contribution is 6.13. The molecule has 144 heavy (non-hydrogen) atoms. The molecule has 6 heterocycles. The molecule has 0 unspecified atom stereocenters. The number of ether oxygens (including phenoxy) is 14. The van der Waals surface area contributed by atoms with Crippen molar-refractivity contribution in [3.05, 3.63) is 133 Å². The number of H-pyrrole nitrogens is 2. The van der Waals surface area contributed by atoms with Crippen LogP contribution in [0.3, 0.4) is 0 Å². The van der Waals surface area contributed by atoms with Crippen molar-refractivity contribution in [3.8, 4) is 120 Å². The van der Waals surface area contributed by atoms with Crippen molar-refractivity contribution in [3.63, 3.8) is 0 Å². The van der Waals surface area contributed by atoms with Crippen molar-refractivity contribution in [2.24, 2.45) is 0 Å². The first-order valence-electron chi connectivity index (χ1n) is 55.8. The summed E-state index contributed by atoms with van der Waals surface area (Å²) in [6.45, 7) is 16.6. The van der Waals surface area contributed by atoms with Crippen LogP contribution in [0.1, 0.15) is 361 Å². The molecule has 9 aromatic rings. The number of benzene rings is 6. The molecule has 8 bridgehead atoms. The van der Waals surface area contributed by atoms with E-state index in [0.717, 1.165) is 171 Å². The van der Waals surface area contributed by atoms with Gasteiger partial charge in [-0.2, -0.15) is 0 Å². The monoisotopic (exact) mass is 1970 g/mol. The molecule has 2 N–H and O–H groups in total. The Morgan fingerprint density at radius 3 is 0.938 bits per heavy atom. The zero-order valence-corrected chi connectivity index (χ0v) is 90.4. The van der Waals surface area contributed by atoms with Crippen molar-refractivity contribution < 1.29 is 66.3 Å². The minimum absolute atomic E-state index is 0.476. The van der Waals surface area contributed by atoms with E-state index >= 15 is 0 Å². The van der Waals surface area contributed by atoms with Gasteiger partial charge in [-0.05, 0) is 116 Å². The average Bonchev–Trinajstić information content (AvgIpc) is 1.52. The molecule has 3 aliphatic heterocycles. The number of rotatable bonds is 74. The minimum Gasteiger partial charge on any atom is -0.497 e. The number of anilines is 3. The number of hydrogen-bond donors (Lipinski definition) is 2. The summed E-state index contributed by atoms with van der Waals surface area (Å²) in [5, 5.41) is 0.778. The third-order valence-corrected chi connectivity index (χ3v) is 28.2. The number of nitrogens with one attached hydrogen (secondary N) is 2. The lowest BCUT2D eigenvalue weighted by molar-refractivity contribution is 0.234. The molecule has 20 heteroatoms. The second-order valence-electron chi connectivity index (χ2n) is 39.3. The van der Waals surface area contributed by atoms with Crippen molar-refractivity contribution >= 4 is 73.2 Å². The number of methoxy groups -OCH3 is 8. The van der Waals surface area contributed by atoms with E-state index < -0.39 is 0 Å². The van der Waals surface area contributed by atoms with E-state index in [9.17, 15) is 0 Å². The summed E-state index contributed by atoms with van der Waals surface area (Å²) in [6, 6.07) is 41.5. The molecule has 784 valence electrons. The Labute approximate surface area is 862 Å². The predicted molar refractivity (Wildman–Crippen MR) is 599 cm³/mol. The lowest BCUT2D eigenvalue weighted by Crippen LogP contribution is -2.13. The molecule has 0 atom stereocenters. The van der Waals surface area contributed by atoms with Crippen molar-refractivity contribution in [1.82, 2.24) is 24.5 Å². The molecular formula is C124H174N6O14. The van der Waals surface area contributed by atoms with Crippen molar-refractivity contribution in [1.29, 1.82) is 0 Å². The third-order valence-electron chi connectivity index (χ3n) is 28.2. The summed E-state index contributed by atoms with van der Waals surface area (Å²) in [4.78, 5) is 23.0. The summed E-state index contributed by atoms with van der Waals surface area (Å²) >= 11 is 0. The Bertz CT molecular complexity index is 5580. The van der Waals surface area contributed by atoms with Gasteiger partial charge in [-0.3, -0.25) is 0 Å². The van der Waals surface area contributed by atoms with E-state index in [1.54, 1.807) is 56.9 Å². The van der Waals surface area contributed by atoms with Crippen molar-refractivity contribution in [2.45, 2.75) is 350 Å². The van der Waals surface area contributed by atoms with Gasteiger partial charge in [0.25, 0.3) is 0 Å². The van der Waals surface area contributed by atoms with E-state index in [1.807, 2.05) is 60.7 Å². The van der Waals surface area contributed by atoms with Crippen LogP contribution in [0.2, 0.25) is 0 Å². The van der Waals surface area contributed by atoms with Gasteiger partial charge in [-0.25, -0.2) is 9.97 Å². The average molecular weight is 1970 g/mol. The number of hydrogen-bond acceptors (Lipinski definition) is 17. The van der Waals surface area contributed by atoms with E-state index in [1.165, 1.54) is 193 Å². The van der Waals surface area contributed by atoms with E-state index in [4.69, 9.17) is 76.3 Å². The van der Waals surface area contributed by atoms with E-state index in [2.05, 4.69) is 134 Å². The Morgan fingerprint density at radius 1 is 0.271 bits per heavy atom. The van der Waals surface area contributed by atoms with Gasteiger partial charge in [0, 0.05) is 94.5 Å². The van der Waals surface area contributed by atoms with Crippen LogP contribution in [-0.2, 0) is 0 Å². The third kappa shape index (κ3) is 32.1. The summed E-state index contributed by atoms with van der Waals surface area (Å²) in [7, 11) is 13.5. The van der Waals surface area contributed by atoms with Crippen LogP contribution < -0.4 is 71.2 Å². The maximum absolute atomic E-state index is 7.36. The Morgan fingerprint density at radius 2 is 0.576 bits per heavy atom. The van der Waals surface area contributed by atoms with Crippen LogP contribution in [0.4, 0.5) is 17.1 Å². The van der Waals surface area contributed by atoms with Crippen LogP contribution in [-0.4, -0.2) is 121 Å². The Hall–Kier alpha value is -11.3. The minimum atomic E-state index is 0.476. The summed E-state index contributed by atoms with van der Waals surface area (Å²) in [5.74, 6) is 8.24. The molecule has 0 aliphatic carbocycles. The van der Waals surface area contributed by atoms with Crippen LogP contribution in [0.25, 0.3) is 95.4 Å². The first-order valence-corrected chi connectivity index (χ1v) is 55.8. The van der Waals surface area contributed by atoms with Crippen LogP contribution in [0.5, 0.6) is 80.5 Å². The van der Waals surface area contributed by atoms with E-state index in [-0.39, 0.29) is 0 Å². The molecule has 12 rings (SSSR count). The molecule has 0 spiro atoms. The number of aromatic nitrogens is 5. The molecular weight excluding hydrogens is 1800 g/mol. The van der Waals surface area contributed by atoms with Gasteiger partial charge >= 0.3 is 0 Å². The zero-order chi connectivity index (χ0) is 101.